The molecule has 4 nitrogen and oxygen atoms in total. The molecule has 11 rings (SSSR count). The van der Waals surface area contributed by atoms with E-state index in [1.807, 2.05) is 42.5 Å². The van der Waals surface area contributed by atoms with Gasteiger partial charge in [0.25, 0.3) is 0 Å². The second kappa shape index (κ2) is 38.7. The fraction of sp³-hybridized carbons (Fsp3) is 0.542. The number of aromatic nitrogens is 1. The molecular weight excluding hydrogens is 1050 g/mol. The molecule has 7 aromatic rings. The number of benzene rings is 6. The van der Waals surface area contributed by atoms with Crippen LogP contribution in [0.15, 0.2) is 182 Å². The maximum Gasteiger partial charge on any atom is 0.127 e. The van der Waals surface area contributed by atoms with E-state index in [9.17, 15) is 0 Å². The second-order valence-electron chi connectivity index (χ2n) is 29.1. The highest BCUT2D eigenvalue weighted by Gasteiger charge is 2.56. The van der Waals surface area contributed by atoms with Crippen molar-refractivity contribution in [2.75, 3.05) is 31.6 Å². The summed E-state index contributed by atoms with van der Waals surface area (Å²) >= 11 is 0. The molecule has 2 heterocycles. The van der Waals surface area contributed by atoms with Crippen LogP contribution in [-0.2, 0) is 25.9 Å². The first-order valence-electron chi connectivity index (χ1n) is 34.6. The zero-order valence-corrected chi connectivity index (χ0v) is 57.9. The number of aryl methyl sites for hydroxylation is 2. The maximum atomic E-state index is 5.74. The van der Waals surface area contributed by atoms with Crippen molar-refractivity contribution in [2.24, 2.45) is 70.5 Å². The highest BCUT2D eigenvalue weighted by atomic mass is 16.5. The number of hydrogen-bond donors (Lipinski definition) is 0. The van der Waals surface area contributed by atoms with Crippen molar-refractivity contribution in [1.82, 2.24) is 9.47 Å². The molecule has 4 aliphatic rings. The number of ether oxygens (including phenoxy) is 1. The summed E-state index contributed by atoms with van der Waals surface area (Å²) in [5, 5.41) is 1.35. The number of anilines is 1. The molecule has 0 amide bonds. The van der Waals surface area contributed by atoms with Crippen molar-refractivity contribution in [3.8, 4) is 11.5 Å². The van der Waals surface area contributed by atoms with E-state index in [1.54, 1.807) is 0 Å². The van der Waals surface area contributed by atoms with Crippen LogP contribution in [0.25, 0.3) is 10.9 Å². The van der Waals surface area contributed by atoms with Crippen molar-refractivity contribution in [3.63, 3.8) is 0 Å². The van der Waals surface area contributed by atoms with Gasteiger partial charge in [0.05, 0.1) is 0 Å². The van der Waals surface area contributed by atoms with Gasteiger partial charge in [-0.3, -0.25) is 4.90 Å². The lowest BCUT2D eigenvalue weighted by molar-refractivity contribution is -0.137. The van der Waals surface area contributed by atoms with Crippen molar-refractivity contribution in [1.29, 1.82) is 0 Å². The molecule has 0 radical (unpaired) electrons. The van der Waals surface area contributed by atoms with Crippen LogP contribution in [0.4, 0.5) is 5.69 Å². The minimum Gasteiger partial charge on any atom is -0.457 e. The molecule has 1 aromatic heterocycles. The summed E-state index contributed by atoms with van der Waals surface area (Å²) in [6.07, 6.45) is 18.2. The van der Waals surface area contributed by atoms with Gasteiger partial charge in [-0.1, -0.05) is 244 Å². The molecule has 476 valence electrons. The van der Waals surface area contributed by atoms with Gasteiger partial charge in [-0.05, 0) is 212 Å². The fourth-order valence-electron chi connectivity index (χ4n) is 13.3. The van der Waals surface area contributed by atoms with Gasteiger partial charge in [-0.2, -0.15) is 0 Å². The highest BCUT2D eigenvalue weighted by molar-refractivity contribution is 5.79. The van der Waals surface area contributed by atoms with Crippen LogP contribution >= 0.6 is 0 Å². The molecule has 3 saturated carbocycles. The van der Waals surface area contributed by atoms with Crippen LogP contribution in [0.2, 0.25) is 0 Å². The van der Waals surface area contributed by atoms with Crippen molar-refractivity contribution in [3.05, 3.63) is 199 Å². The third-order valence-electron chi connectivity index (χ3n) is 19.0. The van der Waals surface area contributed by atoms with Crippen molar-refractivity contribution >= 4 is 16.6 Å². The molecule has 5 unspecified atom stereocenters. The summed E-state index contributed by atoms with van der Waals surface area (Å²) in [5.41, 5.74) is 7.64. The number of likely N-dealkylation sites (tertiary alicyclic amines) is 1. The zero-order valence-electron chi connectivity index (χ0n) is 57.9. The summed E-state index contributed by atoms with van der Waals surface area (Å²) in [7, 11) is 2.16. The Morgan fingerprint density at radius 1 is 0.529 bits per heavy atom. The summed E-state index contributed by atoms with van der Waals surface area (Å²) in [6.45, 7) is 41.1. The van der Waals surface area contributed by atoms with Crippen LogP contribution in [0.3, 0.4) is 0 Å². The lowest BCUT2D eigenvalue weighted by Gasteiger charge is -2.63. The Balaban J connectivity index is 0.000000191. The molecule has 1 saturated heterocycles. The summed E-state index contributed by atoms with van der Waals surface area (Å²) < 4.78 is 8.10. The van der Waals surface area contributed by atoms with Gasteiger partial charge in [0.1, 0.15) is 11.5 Å². The van der Waals surface area contributed by atoms with E-state index in [0.29, 0.717) is 11.3 Å². The standard InChI is InChI=1S/C16H18O.C14H19N.C14H21N.C13H21N.C13H24.C13H20/c1-13(2)12-14-8-10-16(11-9-14)17-15-6-4-3-5-7-15;1-12(2)6-5-10-15-11-9-13-7-3-4-8-14(13)15;1-12(2)14-8-9-15(11-14)10-13-6-4-3-5-7-13;1-12(2)8-7-11-14(3)13-9-5-4-6-10-13;1-8(2)11-6-10-7-12(9(11)3)13(10,4)5;1-12(2)8-6-7-11-13-9-4-3-5-10-13/h3-11,13H,12H2,1-2H3;3-4,7-9,11-12H,5-6,10H2,1-2H3;3-7,12,14H,8-11H2,1-2H3;4-6,9-10,12H,7-8,11H2,1-3H3;8-12H,6-7H2,1-5H3;3-5,9-10,12H,6-8,11H2,1-2H3. The first kappa shape index (κ1) is 72.2. The first-order chi connectivity index (χ1) is 41.7. The number of rotatable bonds is 22. The summed E-state index contributed by atoms with van der Waals surface area (Å²) in [5.74, 6) is 11.7. The highest BCUT2D eigenvalue weighted by Crippen LogP contribution is 2.64. The number of para-hydroxylation sites is 3. The molecule has 87 heavy (non-hydrogen) atoms. The van der Waals surface area contributed by atoms with E-state index < -0.39 is 0 Å². The van der Waals surface area contributed by atoms with E-state index in [-0.39, 0.29) is 0 Å². The number of fused-ring (bicyclic) bond motifs is 3. The van der Waals surface area contributed by atoms with Crippen LogP contribution in [0, 0.1) is 70.5 Å². The minimum atomic E-state index is 0.671. The molecule has 4 heteroatoms. The van der Waals surface area contributed by atoms with Crippen LogP contribution in [0.1, 0.15) is 185 Å². The van der Waals surface area contributed by atoms with Crippen LogP contribution in [0.5, 0.6) is 11.5 Å². The molecule has 6 aromatic carbocycles. The van der Waals surface area contributed by atoms with Gasteiger partial charge >= 0.3 is 0 Å². The molecule has 4 fully saturated rings. The Morgan fingerprint density at radius 3 is 1.62 bits per heavy atom. The summed E-state index contributed by atoms with van der Waals surface area (Å²) in [4.78, 5) is 4.91. The third-order valence-corrected chi connectivity index (χ3v) is 19.0. The van der Waals surface area contributed by atoms with Crippen molar-refractivity contribution in [2.45, 2.75) is 194 Å². The fourth-order valence-corrected chi connectivity index (χ4v) is 13.3. The first-order valence-corrected chi connectivity index (χ1v) is 34.6. The van der Waals surface area contributed by atoms with E-state index >= 15 is 0 Å². The molecule has 1 aliphatic heterocycles. The van der Waals surface area contributed by atoms with E-state index in [1.165, 1.54) is 117 Å². The largest absolute Gasteiger partial charge is 0.457 e. The molecule has 0 spiro atoms. The quantitative estimate of drug-likeness (QED) is 0.0631. The number of hydrogen-bond acceptors (Lipinski definition) is 3. The molecular formula is C83H123N3O. The monoisotopic (exact) mass is 1180 g/mol. The van der Waals surface area contributed by atoms with Gasteiger partial charge in [0, 0.05) is 50.6 Å². The predicted molar refractivity (Wildman–Crippen MR) is 382 cm³/mol. The van der Waals surface area contributed by atoms with E-state index in [0.717, 1.165) is 96.7 Å². The average molecular weight is 1180 g/mol. The van der Waals surface area contributed by atoms with Gasteiger partial charge in [-0.25, -0.2) is 0 Å². The topological polar surface area (TPSA) is 20.6 Å². The van der Waals surface area contributed by atoms with E-state index in [4.69, 9.17) is 4.74 Å². The number of unbranched alkanes of at least 4 members (excludes halogenated alkanes) is 1. The van der Waals surface area contributed by atoms with Crippen LogP contribution < -0.4 is 9.64 Å². The smallest absolute Gasteiger partial charge is 0.127 e. The number of nitrogens with zero attached hydrogens (tertiary/aromatic N) is 3. The maximum absolute atomic E-state index is 5.74. The zero-order chi connectivity index (χ0) is 63.1. The normalized spacial score (nSPS) is 18.3. The molecule has 5 atom stereocenters. The molecule has 0 N–H and O–H groups in total. The van der Waals surface area contributed by atoms with Crippen LogP contribution in [-0.4, -0.2) is 36.1 Å². The Labute approximate surface area is 534 Å². The van der Waals surface area contributed by atoms with Gasteiger partial charge in [0.2, 0.25) is 0 Å². The lowest BCUT2D eigenvalue weighted by atomic mass is 9.42. The second-order valence-corrected chi connectivity index (χ2v) is 29.1. The average Bonchev–Trinajstić information content (AvgIpc) is 1.45. The Kier molecular flexibility index (Phi) is 32.1. The molecule has 2 bridgehead atoms. The molecule has 3 aliphatic carbocycles. The Bertz CT molecular complexity index is 2810. The lowest BCUT2D eigenvalue weighted by Crippen LogP contribution is -2.55. The minimum absolute atomic E-state index is 0.671. The van der Waals surface area contributed by atoms with Gasteiger partial charge < -0.3 is 14.2 Å². The van der Waals surface area contributed by atoms with Gasteiger partial charge in [0.15, 0.2) is 0 Å². The Hall–Kier alpha value is -5.58. The SMILES string of the molecule is CC(C)C1CC2CC(C1C)C2(C)C.CC(C)C1CCN(Cc2ccccc2)C1.CC(C)CCCCc1ccccc1.CC(C)CCCN(C)c1ccccc1.CC(C)CCCn1ccc2ccccc21.CC(C)Cc1ccc(Oc2ccccc2)cc1. The van der Waals surface area contributed by atoms with Crippen molar-refractivity contribution < 1.29 is 4.74 Å². The summed E-state index contributed by atoms with van der Waals surface area (Å²) in [6, 6.07) is 61.1. The predicted octanol–water partition coefficient (Wildman–Crippen LogP) is 23.5. The third kappa shape index (κ3) is 26.6. The Morgan fingerprint density at radius 2 is 1.07 bits per heavy atom. The van der Waals surface area contributed by atoms with Gasteiger partial charge in [-0.15, -0.1) is 0 Å². The van der Waals surface area contributed by atoms with E-state index in [2.05, 4.69) is 265 Å².